The lowest BCUT2D eigenvalue weighted by Crippen LogP contribution is -2.18. The van der Waals surface area contributed by atoms with E-state index in [0.29, 0.717) is 0 Å². The van der Waals surface area contributed by atoms with Gasteiger partial charge in [-0.25, -0.2) is 0 Å². The molecule has 1 unspecified atom stereocenters. The zero-order valence-corrected chi connectivity index (χ0v) is 10.9. The summed E-state index contributed by atoms with van der Waals surface area (Å²) < 4.78 is 0. The van der Waals surface area contributed by atoms with Gasteiger partial charge in [-0.15, -0.1) is 10.2 Å². The summed E-state index contributed by atoms with van der Waals surface area (Å²) in [6.07, 6.45) is 4.67. The fourth-order valence-electron chi connectivity index (χ4n) is 1.47. The molecule has 0 aliphatic heterocycles. The summed E-state index contributed by atoms with van der Waals surface area (Å²) in [5, 5.41) is 13.8. The van der Waals surface area contributed by atoms with Crippen LogP contribution in [-0.4, -0.2) is 21.7 Å². The second kappa shape index (κ2) is 5.84. The maximum absolute atomic E-state index is 4.23. The van der Waals surface area contributed by atoms with Gasteiger partial charge in [-0.05, 0) is 32.0 Å². The summed E-state index contributed by atoms with van der Waals surface area (Å²) in [6, 6.07) is 4.17. The second-order valence-corrected chi connectivity index (χ2v) is 4.87. The average Bonchev–Trinajstić information content (AvgIpc) is 2.86. The van der Waals surface area contributed by atoms with Gasteiger partial charge in [0.05, 0.1) is 6.04 Å². The Bertz CT molecular complexity index is 455. The van der Waals surface area contributed by atoms with E-state index in [4.69, 9.17) is 0 Å². The third-order valence-corrected chi connectivity index (χ3v) is 3.59. The van der Waals surface area contributed by atoms with Gasteiger partial charge in [0.25, 0.3) is 0 Å². The Balaban J connectivity index is 2.11. The topological polar surface area (TPSA) is 50.7 Å². The van der Waals surface area contributed by atoms with Gasteiger partial charge < -0.3 is 5.32 Å². The summed E-state index contributed by atoms with van der Waals surface area (Å²) in [7, 11) is 0. The highest BCUT2D eigenvalue weighted by molar-refractivity contribution is 7.14. The molecule has 5 heteroatoms. The Hall–Kier alpha value is -1.33. The van der Waals surface area contributed by atoms with Crippen molar-refractivity contribution in [1.82, 2.24) is 20.5 Å². The van der Waals surface area contributed by atoms with Crippen LogP contribution in [0.4, 0.5) is 0 Å². The molecule has 2 aromatic rings. The molecule has 0 radical (unpaired) electrons. The Labute approximate surface area is 105 Å². The van der Waals surface area contributed by atoms with Crippen molar-refractivity contribution in [3.63, 3.8) is 0 Å². The fraction of sp³-hybridized carbons (Fsp3) is 0.417. The predicted octanol–water partition coefficient (Wildman–Crippen LogP) is 2.66. The normalized spacial score (nSPS) is 12.6. The van der Waals surface area contributed by atoms with E-state index in [9.17, 15) is 0 Å². The van der Waals surface area contributed by atoms with Crippen molar-refractivity contribution < 1.29 is 0 Å². The van der Waals surface area contributed by atoms with Crippen LogP contribution in [0.1, 0.15) is 31.3 Å². The lowest BCUT2D eigenvalue weighted by atomic mass is 10.3. The maximum atomic E-state index is 4.23. The smallest absolute Gasteiger partial charge is 0.147 e. The highest BCUT2D eigenvalue weighted by Crippen LogP contribution is 2.25. The summed E-state index contributed by atoms with van der Waals surface area (Å²) in [5.74, 6) is 0. The number of aromatic nitrogens is 3. The highest BCUT2D eigenvalue weighted by Gasteiger charge is 2.11. The first kappa shape index (κ1) is 12.1. The molecular weight excluding hydrogens is 232 g/mol. The second-order valence-electron chi connectivity index (χ2n) is 3.86. The number of hydrogen-bond acceptors (Lipinski definition) is 5. The molecule has 0 amide bonds. The molecule has 2 aromatic heterocycles. The van der Waals surface area contributed by atoms with Gasteiger partial charge in [0, 0.05) is 18.0 Å². The minimum Gasteiger partial charge on any atom is -0.308 e. The van der Waals surface area contributed by atoms with Gasteiger partial charge in [0.2, 0.25) is 0 Å². The van der Waals surface area contributed by atoms with E-state index in [0.717, 1.165) is 28.5 Å². The molecule has 17 heavy (non-hydrogen) atoms. The minimum absolute atomic E-state index is 0.267. The van der Waals surface area contributed by atoms with E-state index in [1.165, 1.54) is 0 Å². The molecule has 90 valence electrons. The maximum Gasteiger partial charge on any atom is 0.147 e. The van der Waals surface area contributed by atoms with Crippen molar-refractivity contribution in [3.8, 4) is 10.6 Å². The van der Waals surface area contributed by atoms with Gasteiger partial charge in [-0.3, -0.25) is 4.98 Å². The Morgan fingerprint density at radius 2 is 2.06 bits per heavy atom. The van der Waals surface area contributed by atoms with E-state index < -0.39 is 0 Å². The molecule has 4 nitrogen and oxygen atoms in total. The monoisotopic (exact) mass is 248 g/mol. The van der Waals surface area contributed by atoms with E-state index >= 15 is 0 Å². The van der Waals surface area contributed by atoms with Gasteiger partial charge in [0.15, 0.2) is 0 Å². The van der Waals surface area contributed by atoms with Crippen LogP contribution >= 0.6 is 11.3 Å². The van der Waals surface area contributed by atoms with Crippen LogP contribution in [0.15, 0.2) is 24.5 Å². The van der Waals surface area contributed by atoms with E-state index in [2.05, 4.69) is 34.3 Å². The van der Waals surface area contributed by atoms with Crippen LogP contribution in [0.2, 0.25) is 0 Å². The van der Waals surface area contributed by atoms with E-state index in [1.807, 2.05) is 12.1 Å². The number of pyridine rings is 1. The first-order valence-corrected chi connectivity index (χ1v) is 6.60. The van der Waals surface area contributed by atoms with Crippen molar-refractivity contribution in [2.75, 3.05) is 6.54 Å². The quantitative estimate of drug-likeness (QED) is 0.883. The van der Waals surface area contributed by atoms with E-state index in [1.54, 1.807) is 23.7 Å². The number of nitrogens with one attached hydrogen (secondary N) is 1. The highest BCUT2D eigenvalue weighted by atomic mass is 32.1. The number of hydrogen-bond donors (Lipinski definition) is 1. The fourth-order valence-corrected chi connectivity index (χ4v) is 2.34. The van der Waals surface area contributed by atoms with Crippen LogP contribution < -0.4 is 5.32 Å². The van der Waals surface area contributed by atoms with E-state index in [-0.39, 0.29) is 6.04 Å². The molecule has 0 spiro atoms. The van der Waals surface area contributed by atoms with Gasteiger partial charge >= 0.3 is 0 Å². The summed E-state index contributed by atoms with van der Waals surface area (Å²) in [4.78, 5) is 4.00. The van der Waals surface area contributed by atoms with Crippen molar-refractivity contribution in [1.29, 1.82) is 0 Å². The first-order chi connectivity index (χ1) is 8.31. The summed E-state index contributed by atoms with van der Waals surface area (Å²) in [5.41, 5.74) is 1.08. The minimum atomic E-state index is 0.267. The Kier molecular flexibility index (Phi) is 4.17. The van der Waals surface area contributed by atoms with Crippen LogP contribution in [0.25, 0.3) is 10.6 Å². The van der Waals surface area contributed by atoms with Crippen LogP contribution in [0.5, 0.6) is 0 Å². The van der Waals surface area contributed by atoms with Gasteiger partial charge in [-0.1, -0.05) is 18.3 Å². The van der Waals surface area contributed by atoms with Crippen LogP contribution in [-0.2, 0) is 0 Å². The molecule has 2 heterocycles. The number of rotatable bonds is 5. The zero-order chi connectivity index (χ0) is 12.1. The SMILES string of the molecule is CCCNC(C)c1nnc(-c2ccncc2)s1. The Morgan fingerprint density at radius 1 is 1.29 bits per heavy atom. The molecule has 0 saturated heterocycles. The molecule has 1 atom stereocenters. The van der Waals surface area contributed by atoms with Crippen molar-refractivity contribution >= 4 is 11.3 Å². The Morgan fingerprint density at radius 3 is 2.76 bits per heavy atom. The van der Waals surface area contributed by atoms with Crippen molar-refractivity contribution in [2.24, 2.45) is 0 Å². The molecule has 0 aliphatic carbocycles. The molecule has 2 rings (SSSR count). The number of nitrogens with zero attached hydrogens (tertiary/aromatic N) is 3. The molecule has 0 bridgehead atoms. The standard InChI is InChI=1S/C12H16N4S/c1-3-6-14-9(2)11-15-16-12(17-11)10-4-7-13-8-5-10/h4-5,7-9,14H,3,6H2,1-2H3. The lowest BCUT2D eigenvalue weighted by Gasteiger charge is -2.08. The van der Waals surface area contributed by atoms with Crippen LogP contribution in [0.3, 0.4) is 0 Å². The zero-order valence-electron chi connectivity index (χ0n) is 10.1. The van der Waals surface area contributed by atoms with Crippen LogP contribution in [0, 0.1) is 0 Å². The largest absolute Gasteiger partial charge is 0.308 e. The lowest BCUT2D eigenvalue weighted by molar-refractivity contribution is 0.564. The summed E-state index contributed by atoms with van der Waals surface area (Å²) >= 11 is 1.63. The molecule has 1 N–H and O–H groups in total. The third kappa shape index (κ3) is 3.08. The molecule has 0 fully saturated rings. The third-order valence-electron chi connectivity index (χ3n) is 2.44. The van der Waals surface area contributed by atoms with Gasteiger partial charge in [0.1, 0.15) is 10.0 Å². The first-order valence-electron chi connectivity index (χ1n) is 5.78. The summed E-state index contributed by atoms with van der Waals surface area (Å²) in [6.45, 7) is 5.28. The molecule has 0 saturated carbocycles. The average molecular weight is 248 g/mol. The van der Waals surface area contributed by atoms with Gasteiger partial charge in [-0.2, -0.15) is 0 Å². The predicted molar refractivity (Wildman–Crippen MR) is 69.8 cm³/mol. The molecular formula is C12H16N4S. The molecule has 0 aliphatic rings. The molecule has 0 aromatic carbocycles. The van der Waals surface area contributed by atoms with Crippen molar-refractivity contribution in [2.45, 2.75) is 26.3 Å². The van der Waals surface area contributed by atoms with Crippen molar-refractivity contribution in [3.05, 3.63) is 29.5 Å².